The van der Waals surface area contributed by atoms with E-state index in [1.54, 1.807) is 0 Å². The first-order valence-electron chi connectivity index (χ1n) is 4.05. The largest absolute Gasteiger partial charge is 0.312 e. The zero-order chi connectivity index (χ0) is 6.69. The fraction of sp³-hybridized carbons (Fsp3) is 1.00. The highest BCUT2D eigenvalue weighted by Crippen LogP contribution is 2.17. The summed E-state index contributed by atoms with van der Waals surface area (Å²) < 4.78 is 0. The minimum absolute atomic E-state index is 0.674. The maximum Gasteiger partial charge on any atom is 0.00694 e. The first kappa shape index (κ1) is 7.07. The van der Waals surface area contributed by atoms with Crippen LogP contribution in [0.1, 0.15) is 39.5 Å². The monoisotopic (exact) mass is 127 g/mol. The smallest absolute Gasteiger partial charge is 0.00694 e. The molecule has 0 atom stereocenters. The van der Waals surface area contributed by atoms with Crippen molar-refractivity contribution in [3.8, 4) is 0 Å². The van der Waals surface area contributed by atoms with Crippen LogP contribution in [0.4, 0.5) is 0 Å². The normalized spacial score (nSPS) is 21.7. The van der Waals surface area contributed by atoms with Crippen molar-refractivity contribution < 1.29 is 0 Å². The highest BCUT2D eigenvalue weighted by molar-refractivity contribution is 4.74. The SMILES string of the molecule is CC(C)NC1CCCC1. The van der Waals surface area contributed by atoms with E-state index in [2.05, 4.69) is 19.2 Å². The Kier molecular flexibility index (Phi) is 2.52. The van der Waals surface area contributed by atoms with Crippen molar-refractivity contribution in [2.45, 2.75) is 51.6 Å². The summed E-state index contributed by atoms with van der Waals surface area (Å²) in [4.78, 5) is 0. The molecule has 0 aliphatic heterocycles. The van der Waals surface area contributed by atoms with E-state index in [-0.39, 0.29) is 0 Å². The second kappa shape index (κ2) is 3.21. The van der Waals surface area contributed by atoms with Gasteiger partial charge in [0.05, 0.1) is 0 Å². The summed E-state index contributed by atoms with van der Waals surface area (Å²) >= 11 is 0. The van der Waals surface area contributed by atoms with Crippen molar-refractivity contribution in [3.05, 3.63) is 0 Å². The molecular formula is C8H17N. The van der Waals surface area contributed by atoms with Gasteiger partial charge < -0.3 is 5.32 Å². The molecule has 1 aliphatic rings. The maximum absolute atomic E-state index is 3.54. The molecule has 0 aromatic heterocycles. The van der Waals surface area contributed by atoms with Crippen LogP contribution in [0.2, 0.25) is 0 Å². The molecule has 1 heteroatoms. The van der Waals surface area contributed by atoms with Crippen LogP contribution in [-0.4, -0.2) is 12.1 Å². The Hall–Kier alpha value is -0.0400. The van der Waals surface area contributed by atoms with Gasteiger partial charge in [-0.3, -0.25) is 0 Å². The predicted molar refractivity (Wildman–Crippen MR) is 40.5 cm³/mol. The zero-order valence-corrected chi connectivity index (χ0v) is 6.48. The minimum atomic E-state index is 0.674. The van der Waals surface area contributed by atoms with Crippen molar-refractivity contribution in [2.75, 3.05) is 0 Å². The summed E-state index contributed by atoms with van der Waals surface area (Å²) in [6.07, 6.45) is 5.67. The molecular weight excluding hydrogens is 110 g/mol. The maximum atomic E-state index is 3.54. The molecule has 1 fully saturated rings. The van der Waals surface area contributed by atoms with Crippen molar-refractivity contribution in [3.63, 3.8) is 0 Å². The van der Waals surface area contributed by atoms with Gasteiger partial charge in [0.1, 0.15) is 0 Å². The van der Waals surface area contributed by atoms with Gasteiger partial charge in [0.25, 0.3) is 0 Å². The van der Waals surface area contributed by atoms with E-state index in [4.69, 9.17) is 0 Å². The second-order valence-electron chi connectivity index (χ2n) is 3.30. The summed E-state index contributed by atoms with van der Waals surface area (Å²) in [7, 11) is 0. The lowest BCUT2D eigenvalue weighted by atomic mass is 10.2. The van der Waals surface area contributed by atoms with Crippen LogP contribution in [-0.2, 0) is 0 Å². The molecule has 0 aromatic rings. The van der Waals surface area contributed by atoms with Gasteiger partial charge in [-0.2, -0.15) is 0 Å². The molecule has 0 spiro atoms. The minimum Gasteiger partial charge on any atom is -0.312 e. The van der Waals surface area contributed by atoms with Crippen LogP contribution < -0.4 is 5.32 Å². The first-order valence-corrected chi connectivity index (χ1v) is 4.05. The van der Waals surface area contributed by atoms with Gasteiger partial charge in [-0.25, -0.2) is 0 Å². The molecule has 9 heavy (non-hydrogen) atoms. The average Bonchev–Trinajstić information content (AvgIpc) is 2.15. The van der Waals surface area contributed by atoms with Crippen LogP contribution in [0.5, 0.6) is 0 Å². The van der Waals surface area contributed by atoms with Crippen molar-refractivity contribution in [1.82, 2.24) is 5.32 Å². The van der Waals surface area contributed by atoms with E-state index in [9.17, 15) is 0 Å². The summed E-state index contributed by atoms with van der Waals surface area (Å²) in [6.45, 7) is 4.44. The van der Waals surface area contributed by atoms with E-state index in [0.29, 0.717) is 6.04 Å². The molecule has 1 aliphatic carbocycles. The third-order valence-corrected chi connectivity index (χ3v) is 1.92. The first-order chi connectivity index (χ1) is 4.29. The Labute approximate surface area is 57.8 Å². The lowest BCUT2D eigenvalue weighted by Gasteiger charge is -2.14. The Morgan fingerprint density at radius 3 is 2.22 bits per heavy atom. The predicted octanol–water partition coefficient (Wildman–Crippen LogP) is 1.93. The quantitative estimate of drug-likeness (QED) is 0.597. The van der Waals surface area contributed by atoms with Gasteiger partial charge in [-0.15, -0.1) is 0 Å². The third-order valence-electron chi connectivity index (χ3n) is 1.92. The summed E-state index contributed by atoms with van der Waals surface area (Å²) in [5, 5.41) is 3.54. The topological polar surface area (TPSA) is 12.0 Å². The molecule has 0 amide bonds. The lowest BCUT2D eigenvalue weighted by Crippen LogP contribution is -2.32. The number of nitrogens with one attached hydrogen (secondary N) is 1. The van der Waals surface area contributed by atoms with Crippen molar-refractivity contribution >= 4 is 0 Å². The zero-order valence-electron chi connectivity index (χ0n) is 6.48. The highest BCUT2D eigenvalue weighted by atomic mass is 14.9. The van der Waals surface area contributed by atoms with E-state index in [1.165, 1.54) is 25.7 Å². The van der Waals surface area contributed by atoms with Gasteiger partial charge in [0, 0.05) is 12.1 Å². The molecule has 0 saturated heterocycles. The molecule has 1 rings (SSSR count). The Balaban J connectivity index is 2.11. The van der Waals surface area contributed by atoms with E-state index < -0.39 is 0 Å². The third kappa shape index (κ3) is 2.35. The van der Waals surface area contributed by atoms with Gasteiger partial charge in [0.2, 0.25) is 0 Å². The Morgan fingerprint density at radius 2 is 1.78 bits per heavy atom. The van der Waals surface area contributed by atoms with Crippen molar-refractivity contribution in [2.24, 2.45) is 0 Å². The van der Waals surface area contributed by atoms with E-state index in [0.717, 1.165) is 6.04 Å². The van der Waals surface area contributed by atoms with Crippen LogP contribution in [0.25, 0.3) is 0 Å². The highest BCUT2D eigenvalue weighted by Gasteiger charge is 2.14. The molecule has 1 nitrogen and oxygen atoms in total. The van der Waals surface area contributed by atoms with Gasteiger partial charge in [-0.1, -0.05) is 26.7 Å². The number of hydrogen-bond donors (Lipinski definition) is 1. The van der Waals surface area contributed by atoms with E-state index in [1.807, 2.05) is 0 Å². The fourth-order valence-electron chi connectivity index (χ4n) is 1.56. The van der Waals surface area contributed by atoms with Crippen LogP contribution >= 0.6 is 0 Å². The lowest BCUT2D eigenvalue weighted by molar-refractivity contribution is 0.471. The Morgan fingerprint density at radius 1 is 1.22 bits per heavy atom. The summed E-state index contributed by atoms with van der Waals surface area (Å²) in [6, 6.07) is 1.51. The number of rotatable bonds is 2. The average molecular weight is 127 g/mol. The second-order valence-corrected chi connectivity index (χ2v) is 3.30. The van der Waals surface area contributed by atoms with Gasteiger partial charge in [0.15, 0.2) is 0 Å². The molecule has 0 unspecified atom stereocenters. The van der Waals surface area contributed by atoms with Crippen LogP contribution in [0, 0.1) is 0 Å². The van der Waals surface area contributed by atoms with Gasteiger partial charge >= 0.3 is 0 Å². The van der Waals surface area contributed by atoms with Gasteiger partial charge in [-0.05, 0) is 12.8 Å². The molecule has 0 bridgehead atoms. The fourth-order valence-corrected chi connectivity index (χ4v) is 1.56. The summed E-state index contributed by atoms with van der Waals surface area (Å²) in [5.41, 5.74) is 0. The molecule has 0 aromatic carbocycles. The molecule has 0 radical (unpaired) electrons. The molecule has 54 valence electrons. The van der Waals surface area contributed by atoms with Crippen molar-refractivity contribution in [1.29, 1.82) is 0 Å². The molecule has 1 saturated carbocycles. The summed E-state index contributed by atoms with van der Waals surface area (Å²) in [5.74, 6) is 0. The standard InChI is InChI=1S/C8H17N/c1-7(2)9-8-5-3-4-6-8/h7-9H,3-6H2,1-2H3. The van der Waals surface area contributed by atoms with Crippen LogP contribution in [0.3, 0.4) is 0 Å². The van der Waals surface area contributed by atoms with Crippen LogP contribution in [0.15, 0.2) is 0 Å². The number of hydrogen-bond acceptors (Lipinski definition) is 1. The van der Waals surface area contributed by atoms with E-state index >= 15 is 0 Å². The molecule has 1 N–H and O–H groups in total. The molecule has 0 heterocycles. The Bertz CT molecular complexity index is 72.6.